The fourth-order valence-electron chi connectivity index (χ4n) is 1.48. The normalized spacial score (nSPS) is 12.7. The van der Waals surface area contributed by atoms with E-state index in [0.29, 0.717) is 10.9 Å². The number of thiophene rings is 1. The van der Waals surface area contributed by atoms with Crippen molar-refractivity contribution in [3.05, 3.63) is 56.4 Å². The molecule has 2 rings (SSSR count). The van der Waals surface area contributed by atoms with Crippen molar-refractivity contribution in [1.82, 2.24) is 0 Å². The first-order chi connectivity index (χ1) is 7.66. The van der Waals surface area contributed by atoms with Crippen molar-refractivity contribution in [3.8, 4) is 0 Å². The first kappa shape index (κ1) is 11.8. The molecular weight excluding hydrogens is 291 g/mol. The molecule has 16 heavy (non-hydrogen) atoms. The molecule has 2 aromatic rings. The van der Waals surface area contributed by atoms with Gasteiger partial charge in [0.05, 0.1) is 6.10 Å². The van der Waals surface area contributed by atoms with Gasteiger partial charge in [-0.15, -0.1) is 11.3 Å². The second-order valence-corrected chi connectivity index (χ2v) is 5.30. The lowest BCUT2D eigenvalue weighted by Gasteiger charge is -2.10. The molecule has 0 fully saturated rings. The molecule has 0 amide bonds. The van der Waals surface area contributed by atoms with E-state index >= 15 is 0 Å². The van der Waals surface area contributed by atoms with Gasteiger partial charge < -0.3 is 5.11 Å². The second kappa shape index (κ2) is 5.08. The molecule has 0 aliphatic rings. The molecule has 1 atom stereocenters. The van der Waals surface area contributed by atoms with E-state index in [0.717, 1.165) is 10.4 Å². The van der Waals surface area contributed by atoms with Crippen LogP contribution in [0.15, 0.2) is 40.2 Å². The Labute approximate surface area is 106 Å². The number of aliphatic hydroxyl groups excluding tert-OH is 1. The number of aliphatic hydroxyl groups is 1. The molecule has 0 spiro atoms. The summed E-state index contributed by atoms with van der Waals surface area (Å²) in [5.41, 5.74) is 0.905. The quantitative estimate of drug-likeness (QED) is 0.911. The van der Waals surface area contributed by atoms with Crippen LogP contribution in [0.25, 0.3) is 0 Å². The highest BCUT2D eigenvalue weighted by Gasteiger charge is 2.11. The average Bonchev–Trinajstić information content (AvgIpc) is 2.75. The molecule has 0 aliphatic carbocycles. The number of benzene rings is 1. The lowest BCUT2D eigenvalue weighted by atomic mass is 10.1. The van der Waals surface area contributed by atoms with Crippen LogP contribution in [0.1, 0.15) is 16.5 Å². The second-order valence-electron chi connectivity index (χ2n) is 3.47. The number of hydrogen-bond donors (Lipinski definition) is 1. The predicted octanol–water partition coefficient (Wildman–Crippen LogP) is 3.93. The number of hydrogen-bond acceptors (Lipinski definition) is 2. The molecule has 84 valence electrons. The Morgan fingerprint density at radius 3 is 2.81 bits per heavy atom. The van der Waals surface area contributed by atoms with Gasteiger partial charge in [0.1, 0.15) is 5.82 Å². The summed E-state index contributed by atoms with van der Waals surface area (Å²) in [4.78, 5) is 0.927. The van der Waals surface area contributed by atoms with Crippen LogP contribution in [0.5, 0.6) is 0 Å². The van der Waals surface area contributed by atoms with Crippen molar-refractivity contribution in [2.45, 2.75) is 12.5 Å². The first-order valence-corrected chi connectivity index (χ1v) is 6.49. The summed E-state index contributed by atoms with van der Waals surface area (Å²) in [5.74, 6) is -0.277. The topological polar surface area (TPSA) is 20.2 Å². The minimum Gasteiger partial charge on any atom is -0.387 e. The smallest absolute Gasteiger partial charge is 0.124 e. The van der Waals surface area contributed by atoms with Crippen LogP contribution in [0.2, 0.25) is 0 Å². The van der Waals surface area contributed by atoms with Crippen LogP contribution in [-0.2, 0) is 6.42 Å². The van der Waals surface area contributed by atoms with Gasteiger partial charge in [0.2, 0.25) is 0 Å². The molecule has 0 saturated heterocycles. The van der Waals surface area contributed by atoms with E-state index in [1.807, 2.05) is 17.5 Å². The van der Waals surface area contributed by atoms with E-state index in [2.05, 4.69) is 15.9 Å². The molecule has 1 aromatic heterocycles. The third kappa shape index (κ3) is 2.70. The average molecular weight is 301 g/mol. The highest BCUT2D eigenvalue weighted by Crippen LogP contribution is 2.26. The highest BCUT2D eigenvalue weighted by atomic mass is 79.9. The van der Waals surface area contributed by atoms with E-state index in [9.17, 15) is 9.50 Å². The van der Waals surface area contributed by atoms with Crippen LogP contribution >= 0.6 is 27.3 Å². The zero-order valence-electron chi connectivity index (χ0n) is 8.36. The Morgan fingerprint density at radius 1 is 1.38 bits per heavy atom. The van der Waals surface area contributed by atoms with Gasteiger partial charge in [-0.25, -0.2) is 4.39 Å². The first-order valence-electron chi connectivity index (χ1n) is 4.82. The third-order valence-corrected chi connectivity index (χ3v) is 4.01. The summed E-state index contributed by atoms with van der Waals surface area (Å²) in [6.07, 6.45) is -0.0387. The summed E-state index contributed by atoms with van der Waals surface area (Å²) in [6.45, 7) is 0. The Hall–Kier alpha value is -0.710. The Bertz CT molecular complexity index is 470. The minimum atomic E-state index is -0.526. The summed E-state index contributed by atoms with van der Waals surface area (Å²) in [7, 11) is 0. The Morgan fingerprint density at radius 2 is 2.19 bits per heavy atom. The van der Waals surface area contributed by atoms with Gasteiger partial charge >= 0.3 is 0 Å². The van der Waals surface area contributed by atoms with Crippen LogP contribution < -0.4 is 0 Å². The molecule has 0 saturated carbocycles. The summed E-state index contributed by atoms with van der Waals surface area (Å²) in [5, 5.41) is 11.9. The number of rotatable bonds is 3. The van der Waals surface area contributed by atoms with E-state index < -0.39 is 6.10 Å². The maximum absolute atomic E-state index is 12.9. The van der Waals surface area contributed by atoms with Crippen LogP contribution in [0.3, 0.4) is 0 Å². The van der Waals surface area contributed by atoms with Gasteiger partial charge in [0.25, 0.3) is 0 Å². The molecule has 0 aliphatic heterocycles. The molecular formula is C12H10BrFOS. The SMILES string of the molecule is OC(Cc1ccc(F)cc1Br)c1cccs1. The van der Waals surface area contributed by atoms with Gasteiger partial charge in [0, 0.05) is 15.8 Å². The Kier molecular flexibility index (Phi) is 3.74. The standard InChI is InChI=1S/C12H10BrFOS/c13-10-7-9(14)4-3-8(10)6-11(15)12-2-1-5-16-12/h1-5,7,11,15H,6H2. The summed E-state index contributed by atoms with van der Waals surface area (Å²) in [6, 6.07) is 8.31. The Balaban J connectivity index is 2.15. The zero-order valence-corrected chi connectivity index (χ0v) is 10.8. The van der Waals surface area contributed by atoms with Gasteiger partial charge in [-0.3, -0.25) is 0 Å². The third-order valence-electron chi connectivity index (χ3n) is 2.30. The van der Waals surface area contributed by atoms with Crippen molar-refractivity contribution in [2.75, 3.05) is 0 Å². The molecule has 1 N–H and O–H groups in total. The molecule has 1 unspecified atom stereocenters. The van der Waals surface area contributed by atoms with E-state index in [1.165, 1.54) is 23.5 Å². The predicted molar refractivity (Wildman–Crippen MR) is 67.1 cm³/mol. The fraction of sp³-hybridized carbons (Fsp3) is 0.167. The monoisotopic (exact) mass is 300 g/mol. The molecule has 4 heteroatoms. The summed E-state index contributed by atoms with van der Waals surface area (Å²) >= 11 is 4.81. The van der Waals surface area contributed by atoms with Gasteiger partial charge in [-0.2, -0.15) is 0 Å². The lowest BCUT2D eigenvalue weighted by Crippen LogP contribution is -2.00. The molecule has 0 radical (unpaired) electrons. The molecule has 1 heterocycles. The fourth-order valence-corrected chi connectivity index (χ4v) is 2.70. The van der Waals surface area contributed by atoms with Gasteiger partial charge in [-0.05, 0) is 29.1 Å². The van der Waals surface area contributed by atoms with Crippen LogP contribution in [0.4, 0.5) is 4.39 Å². The van der Waals surface area contributed by atoms with E-state index in [4.69, 9.17) is 0 Å². The largest absolute Gasteiger partial charge is 0.387 e. The van der Waals surface area contributed by atoms with Gasteiger partial charge in [-0.1, -0.05) is 28.1 Å². The van der Waals surface area contributed by atoms with Crippen molar-refractivity contribution in [2.24, 2.45) is 0 Å². The van der Waals surface area contributed by atoms with Crippen LogP contribution in [0, 0.1) is 5.82 Å². The van der Waals surface area contributed by atoms with E-state index in [1.54, 1.807) is 6.07 Å². The molecule has 1 aromatic carbocycles. The van der Waals surface area contributed by atoms with Crippen molar-refractivity contribution in [3.63, 3.8) is 0 Å². The zero-order chi connectivity index (χ0) is 11.5. The van der Waals surface area contributed by atoms with Crippen molar-refractivity contribution >= 4 is 27.3 Å². The minimum absolute atomic E-state index is 0.277. The highest BCUT2D eigenvalue weighted by molar-refractivity contribution is 9.10. The van der Waals surface area contributed by atoms with Gasteiger partial charge in [0.15, 0.2) is 0 Å². The molecule has 1 nitrogen and oxygen atoms in total. The maximum atomic E-state index is 12.9. The lowest BCUT2D eigenvalue weighted by molar-refractivity contribution is 0.182. The maximum Gasteiger partial charge on any atom is 0.124 e. The van der Waals surface area contributed by atoms with Crippen LogP contribution in [-0.4, -0.2) is 5.11 Å². The summed E-state index contributed by atoms with van der Waals surface area (Å²) < 4.78 is 13.6. The molecule has 0 bridgehead atoms. The van der Waals surface area contributed by atoms with E-state index in [-0.39, 0.29) is 5.82 Å². The van der Waals surface area contributed by atoms with Crippen molar-refractivity contribution < 1.29 is 9.50 Å². The number of halogens is 2. The van der Waals surface area contributed by atoms with Crippen molar-refractivity contribution in [1.29, 1.82) is 0 Å².